The fourth-order valence-electron chi connectivity index (χ4n) is 0. The molecule has 1 heteroatoms. The summed E-state index contributed by atoms with van der Waals surface area (Å²) < 4.78 is 0. The number of rotatable bonds is 0. The van der Waals surface area contributed by atoms with E-state index in [0.717, 1.165) is 0 Å². The van der Waals surface area contributed by atoms with Gasteiger partial charge in [-0.15, -0.1) is 0 Å². The van der Waals surface area contributed by atoms with Crippen LogP contribution in [0.4, 0.5) is 0 Å². The van der Waals surface area contributed by atoms with E-state index in [2.05, 4.69) is 0 Å². The zero-order valence-corrected chi connectivity index (χ0v) is 4.55. The summed E-state index contributed by atoms with van der Waals surface area (Å²) in [5.41, 5.74) is 0. The fourth-order valence-corrected chi connectivity index (χ4v) is 0. The molecule has 0 nitrogen and oxygen atoms in total. The topological polar surface area (TPSA) is 0 Å². The molecule has 4 heavy (non-hydrogen) atoms. The number of hydrogen-bond acceptors (Lipinski definition) is 0. The maximum absolute atomic E-state index is 2.00. The Labute approximate surface area is 40.4 Å². The molecular formula is C3H7Rh-. The average molecular weight is 146 g/mol. The molecule has 0 spiro atoms. The van der Waals surface area contributed by atoms with Crippen molar-refractivity contribution in [2.45, 2.75) is 13.8 Å². The molecule has 0 heterocycles. The second-order valence-corrected chi connectivity index (χ2v) is 0.577. The standard InChI is InChI=1S/C3H7.Rh/c1-3-2;/h3H,1-2H3;/q-1;. The molecule has 0 aliphatic heterocycles. The van der Waals surface area contributed by atoms with Crippen LogP contribution < -0.4 is 0 Å². The third kappa shape index (κ3) is 17.8. The van der Waals surface area contributed by atoms with E-state index in [-0.39, 0.29) is 19.5 Å². The van der Waals surface area contributed by atoms with Gasteiger partial charge in [0.25, 0.3) is 0 Å². The van der Waals surface area contributed by atoms with E-state index >= 15 is 0 Å². The third-order valence-electron chi connectivity index (χ3n) is 0. The molecule has 0 aliphatic carbocycles. The van der Waals surface area contributed by atoms with Crippen LogP contribution in [0, 0.1) is 6.42 Å². The Bertz CT molecular complexity index is 3.25. The fraction of sp³-hybridized carbons (Fsp3) is 0.667. The van der Waals surface area contributed by atoms with Gasteiger partial charge in [-0.05, 0) is 0 Å². The molecule has 1 radical (unpaired) electrons. The second-order valence-electron chi connectivity index (χ2n) is 0.577. The van der Waals surface area contributed by atoms with Crippen LogP contribution >= 0.6 is 0 Å². The van der Waals surface area contributed by atoms with Gasteiger partial charge in [0.2, 0.25) is 0 Å². The molecule has 0 saturated carbocycles. The molecule has 0 rings (SSSR count). The quantitative estimate of drug-likeness (QED) is 0.356. The van der Waals surface area contributed by atoms with Crippen LogP contribution in [-0.4, -0.2) is 0 Å². The Kier molecular flexibility index (Phi) is 20.9. The van der Waals surface area contributed by atoms with E-state index in [4.69, 9.17) is 0 Å². The predicted octanol–water partition coefficient (Wildman–Crippen LogP) is 1.23. The summed E-state index contributed by atoms with van der Waals surface area (Å²) in [6.45, 7) is 4.00. The van der Waals surface area contributed by atoms with E-state index in [9.17, 15) is 0 Å². The zero-order chi connectivity index (χ0) is 2.71. The Morgan fingerprint density at radius 3 is 1.25 bits per heavy atom. The molecule has 0 aromatic rings. The van der Waals surface area contributed by atoms with Crippen molar-refractivity contribution in [1.82, 2.24) is 0 Å². The van der Waals surface area contributed by atoms with Gasteiger partial charge in [-0.25, -0.2) is 0 Å². The first-order chi connectivity index (χ1) is 1.41. The Balaban J connectivity index is 0. The van der Waals surface area contributed by atoms with E-state index in [1.54, 1.807) is 0 Å². The van der Waals surface area contributed by atoms with Gasteiger partial charge in [0.15, 0.2) is 0 Å². The van der Waals surface area contributed by atoms with Gasteiger partial charge >= 0.3 is 0 Å². The summed E-state index contributed by atoms with van der Waals surface area (Å²) in [6, 6.07) is 0. The van der Waals surface area contributed by atoms with Crippen LogP contribution in [0.25, 0.3) is 0 Å². The maximum Gasteiger partial charge on any atom is 0 e. The van der Waals surface area contributed by atoms with E-state index in [0.29, 0.717) is 0 Å². The van der Waals surface area contributed by atoms with Gasteiger partial charge in [-0.3, -0.25) is 0 Å². The van der Waals surface area contributed by atoms with Crippen molar-refractivity contribution in [1.29, 1.82) is 0 Å². The summed E-state index contributed by atoms with van der Waals surface area (Å²) in [5.74, 6) is 0. The van der Waals surface area contributed by atoms with Crippen LogP contribution in [-0.2, 0) is 19.5 Å². The van der Waals surface area contributed by atoms with Crippen molar-refractivity contribution in [3.05, 3.63) is 6.42 Å². The normalized spacial score (nSPS) is 4.50. The van der Waals surface area contributed by atoms with Gasteiger partial charge in [0.1, 0.15) is 0 Å². The van der Waals surface area contributed by atoms with Crippen LogP contribution in [0.5, 0.6) is 0 Å². The number of hydrogen-bond donors (Lipinski definition) is 0. The minimum atomic E-state index is 0. The summed E-state index contributed by atoms with van der Waals surface area (Å²) in [6.07, 6.45) is 2.00. The van der Waals surface area contributed by atoms with Crippen LogP contribution in [0.1, 0.15) is 13.8 Å². The molecule has 0 atom stereocenters. The molecular weight excluding hydrogens is 139 g/mol. The second kappa shape index (κ2) is 9.46. The summed E-state index contributed by atoms with van der Waals surface area (Å²) in [5, 5.41) is 0. The van der Waals surface area contributed by atoms with Crippen molar-refractivity contribution in [3.8, 4) is 0 Å². The minimum absolute atomic E-state index is 0. The van der Waals surface area contributed by atoms with Gasteiger partial charge in [-0.1, -0.05) is 0 Å². The Morgan fingerprint density at radius 2 is 1.25 bits per heavy atom. The summed E-state index contributed by atoms with van der Waals surface area (Å²) >= 11 is 0. The third-order valence-corrected chi connectivity index (χ3v) is 0. The first-order valence-electron chi connectivity index (χ1n) is 1.15. The molecule has 29 valence electrons. The molecule has 0 saturated heterocycles. The van der Waals surface area contributed by atoms with Crippen LogP contribution in [0.2, 0.25) is 0 Å². The van der Waals surface area contributed by atoms with Gasteiger partial charge in [-0.2, -0.15) is 13.8 Å². The Hall–Kier alpha value is 0.623. The molecule has 0 aromatic heterocycles. The zero-order valence-electron chi connectivity index (χ0n) is 2.91. The minimum Gasteiger partial charge on any atom is -0.335 e. The van der Waals surface area contributed by atoms with Crippen molar-refractivity contribution in [2.24, 2.45) is 0 Å². The molecule has 0 aliphatic rings. The smallest absolute Gasteiger partial charge is 0 e. The van der Waals surface area contributed by atoms with E-state index < -0.39 is 0 Å². The van der Waals surface area contributed by atoms with Gasteiger partial charge < -0.3 is 6.42 Å². The van der Waals surface area contributed by atoms with Crippen molar-refractivity contribution in [2.75, 3.05) is 0 Å². The van der Waals surface area contributed by atoms with E-state index in [1.165, 1.54) is 0 Å². The Morgan fingerprint density at radius 1 is 1.25 bits per heavy atom. The predicted molar refractivity (Wildman–Crippen MR) is 15.6 cm³/mol. The SMILES string of the molecule is C[CH-]C.[Rh]. The average Bonchev–Trinajstić information content (AvgIpc) is 0.918. The van der Waals surface area contributed by atoms with Crippen molar-refractivity contribution >= 4 is 0 Å². The molecule has 0 fully saturated rings. The molecule has 0 aromatic carbocycles. The van der Waals surface area contributed by atoms with Crippen LogP contribution in [0.3, 0.4) is 0 Å². The van der Waals surface area contributed by atoms with Crippen molar-refractivity contribution < 1.29 is 19.5 Å². The molecule has 0 amide bonds. The van der Waals surface area contributed by atoms with E-state index in [1.807, 2.05) is 20.3 Å². The summed E-state index contributed by atoms with van der Waals surface area (Å²) in [4.78, 5) is 0. The maximum atomic E-state index is 2.00. The van der Waals surface area contributed by atoms with Gasteiger partial charge in [0, 0.05) is 19.5 Å². The molecule has 0 N–H and O–H groups in total. The molecule has 0 bridgehead atoms. The van der Waals surface area contributed by atoms with Gasteiger partial charge in [0.05, 0.1) is 0 Å². The molecule has 0 unspecified atom stereocenters. The summed E-state index contributed by atoms with van der Waals surface area (Å²) in [7, 11) is 0. The largest absolute Gasteiger partial charge is 0.335 e. The van der Waals surface area contributed by atoms with Crippen molar-refractivity contribution in [3.63, 3.8) is 0 Å². The first kappa shape index (κ1) is 8.82. The van der Waals surface area contributed by atoms with Crippen LogP contribution in [0.15, 0.2) is 0 Å². The first-order valence-corrected chi connectivity index (χ1v) is 1.15. The monoisotopic (exact) mass is 146 g/mol.